The molecule has 1 saturated carbocycles. The lowest BCUT2D eigenvalue weighted by Crippen LogP contribution is -2.26. The average molecular weight is 361 g/mol. The van der Waals surface area contributed by atoms with Crippen molar-refractivity contribution in [3.8, 4) is 0 Å². The van der Waals surface area contributed by atoms with Crippen molar-refractivity contribution in [2.75, 3.05) is 0 Å². The Morgan fingerprint density at radius 1 is 1.25 bits per heavy atom. The topological polar surface area (TPSA) is 71.4 Å². The van der Waals surface area contributed by atoms with E-state index in [1.165, 1.54) is 18.2 Å². The van der Waals surface area contributed by atoms with E-state index < -0.39 is 15.8 Å². The van der Waals surface area contributed by atoms with Gasteiger partial charge in [0.2, 0.25) is 0 Å². The molecule has 0 bridgehead atoms. The van der Waals surface area contributed by atoms with Crippen molar-refractivity contribution in [1.29, 1.82) is 0 Å². The Kier molecular flexibility index (Phi) is 4.54. The fourth-order valence-electron chi connectivity index (χ4n) is 2.58. The molecule has 0 spiro atoms. The van der Waals surface area contributed by atoms with Crippen molar-refractivity contribution in [2.24, 2.45) is 5.92 Å². The first-order valence-electron chi connectivity index (χ1n) is 6.59. The quantitative estimate of drug-likeness (QED) is 0.895. The van der Waals surface area contributed by atoms with Gasteiger partial charge in [-0.2, -0.15) is 0 Å². The number of carboxylic acid groups (broad SMARTS) is 1. The summed E-state index contributed by atoms with van der Waals surface area (Å²) < 4.78 is 25.5. The highest BCUT2D eigenvalue weighted by Gasteiger charge is 2.31. The van der Waals surface area contributed by atoms with E-state index in [-0.39, 0.29) is 15.7 Å². The molecule has 20 heavy (non-hydrogen) atoms. The summed E-state index contributed by atoms with van der Waals surface area (Å²) in [6.45, 7) is 2.13. The lowest BCUT2D eigenvalue weighted by Gasteiger charge is -2.26. The average Bonchev–Trinajstić information content (AvgIpc) is 2.39. The number of carboxylic acids is 1. The Hall–Kier alpha value is -0.880. The van der Waals surface area contributed by atoms with Crippen LogP contribution in [0.1, 0.15) is 43.0 Å². The Labute approximate surface area is 127 Å². The zero-order chi connectivity index (χ0) is 14.9. The first kappa shape index (κ1) is 15.5. The maximum Gasteiger partial charge on any atom is 0.336 e. The highest BCUT2D eigenvalue weighted by atomic mass is 79.9. The number of carbonyl (C=O) groups is 1. The van der Waals surface area contributed by atoms with Gasteiger partial charge in [-0.1, -0.05) is 6.92 Å². The second kappa shape index (κ2) is 5.85. The minimum Gasteiger partial charge on any atom is -0.478 e. The molecule has 4 nitrogen and oxygen atoms in total. The van der Waals surface area contributed by atoms with Gasteiger partial charge in [0.25, 0.3) is 0 Å². The van der Waals surface area contributed by atoms with Crippen LogP contribution in [0.2, 0.25) is 0 Å². The summed E-state index contributed by atoms with van der Waals surface area (Å²) in [6.07, 6.45) is 3.13. The highest BCUT2D eigenvalue weighted by Crippen LogP contribution is 2.32. The lowest BCUT2D eigenvalue weighted by atomic mass is 9.91. The van der Waals surface area contributed by atoms with Crippen LogP contribution in [-0.4, -0.2) is 24.7 Å². The van der Waals surface area contributed by atoms with E-state index in [2.05, 4.69) is 22.9 Å². The monoisotopic (exact) mass is 360 g/mol. The molecule has 0 unspecified atom stereocenters. The Morgan fingerprint density at radius 2 is 1.85 bits per heavy atom. The van der Waals surface area contributed by atoms with Crippen molar-refractivity contribution in [1.82, 2.24) is 0 Å². The Morgan fingerprint density at radius 3 is 2.40 bits per heavy atom. The maximum absolute atomic E-state index is 12.6. The lowest BCUT2D eigenvalue weighted by molar-refractivity contribution is 0.0695. The van der Waals surface area contributed by atoms with E-state index in [0.29, 0.717) is 23.2 Å². The molecule has 0 heterocycles. The van der Waals surface area contributed by atoms with E-state index in [4.69, 9.17) is 5.11 Å². The van der Waals surface area contributed by atoms with Crippen LogP contribution in [0, 0.1) is 5.92 Å². The summed E-state index contributed by atoms with van der Waals surface area (Å²) in [5, 5.41) is 8.69. The van der Waals surface area contributed by atoms with Crippen LogP contribution in [-0.2, 0) is 9.84 Å². The SMILES string of the molecule is CC1CCC(S(=O)(=O)c2ccc(Br)c(C(=O)O)c2)CC1. The predicted octanol–water partition coefficient (Wildman–Crippen LogP) is 3.50. The van der Waals surface area contributed by atoms with E-state index in [0.717, 1.165) is 12.8 Å². The van der Waals surface area contributed by atoms with Crippen molar-refractivity contribution < 1.29 is 18.3 Å². The molecule has 2 rings (SSSR count). The third-order valence-corrected chi connectivity index (χ3v) is 6.85. The zero-order valence-electron chi connectivity index (χ0n) is 11.2. The summed E-state index contributed by atoms with van der Waals surface area (Å²) in [4.78, 5) is 11.2. The summed E-state index contributed by atoms with van der Waals surface area (Å²) in [5.41, 5.74) is -0.0183. The predicted molar refractivity (Wildman–Crippen MR) is 79.7 cm³/mol. The normalized spacial score (nSPS) is 23.5. The molecular weight excluding hydrogens is 344 g/mol. The molecule has 0 radical (unpaired) electrons. The number of benzene rings is 1. The number of hydrogen-bond donors (Lipinski definition) is 1. The van der Waals surface area contributed by atoms with Gasteiger partial charge < -0.3 is 5.11 Å². The molecule has 6 heteroatoms. The van der Waals surface area contributed by atoms with E-state index in [9.17, 15) is 13.2 Å². The van der Waals surface area contributed by atoms with Crippen LogP contribution in [0.4, 0.5) is 0 Å². The van der Waals surface area contributed by atoms with Gasteiger partial charge in [0.15, 0.2) is 9.84 Å². The van der Waals surface area contributed by atoms with E-state index in [1.54, 1.807) is 0 Å². The van der Waals surface area contributed by atoms with Crippen LogP contribution in [0.3, 0.4) is 0 Å². The Bertz CT molecular complexity index is 616. The van der Waals surface area contributed by atoms with E-state index >= 15 is 0 Å². The molecule has 0 aliphatic heterocycles. The molecule has 0 saturated heterocycles. The maximum atomic E-state index is 12.6. The van der Waals surface area contributed by atoms with Gasteiger partial charge in [-0.15, -0.1) is 0 Å². The van der Waals surface area contributed by atoms with Crippen LogP contribution in [0.15, 0.2) is 27.6 Å². The third kappa shape index (κ3) is 3.06. The highest BCUT2D eigenvalue weighted by molar-refractivity contribution is 9.10. The summed E-state index contributed by atoms with van der Waals surface area (Å²) >= 11 is 3.13. The van der Waals surface area contributed by atoms with Gasteiger partial charge in [-0.05, 0) is 65.7 Å². The number of sulfone groups is 1. The molecule has 1 aromatic carbocycles. The fraction of sp³-hybridized carbons (Fsp3) is 0.500. The second-order valence-electron chi connectivity index (χ2n) is 5.37. The van der Waals surface area contributed by atoms with E-state index in [1.807, 2.05) is 0 Å². The molecular formula is C14H17BrO4S. The number of aromatic carboxylic acids is 1. The van der Waals surface area contributed by atoms with Crippen molar-refractivity contribution >= 4 is 31.7 Å². The van der Waals surface area contributed by atoms with Crippen LogP contribution >= 0.6 is 15.9 Å². The van der Waals surface area contributed by atoms with Crippen LogP contribution in [0.25, 0.3) is 0 Å². The molecule has 1 aliphatic carbocycles. The molecule has 0 atom stereocenters. The van der Waals surface area contributed by atoms with Gasteiger partial charge in [-0.3, -0.25) is 0 Å². The molecule has 1 fully saturated rings. The van der Waals surface area contributed by atoms with Crippen molar-refractivity contribution in [3.63, 3.8) is 0 Å². The standard InChI is InChI=1S/C14H17BrO4S/c1-9-2-4-10(5-3-9)20(18,19)11-6-7-13(15)12(8-11)14(16)17/h6-10H,2-5H2,1H3,(H,16,17). The molecule has 0 amide bonds. The summed E-state index contributed by atoms with van der Waals surface area (Å²) in [7, 11) is -3.44. The van der Waals surface area contributed by atoms with Crippen molar-refractivity contribution in [3.05, 3.63) is 28.2 Å². The largest absolute Gasteiger partial charge is 0.478 e. The second-order valence-corrected chi connectivity index (χ2v) is 8.46. The van der Waals surface area contributed by atoms with Gasteiger partial charge in [0, 0.05) is 4.47 Å². The van der Waals surface area contributed by atoms with Crippen LogP contribution < -0.4 is 0 Å². The third-order valence-electron chi connectivity index (χ3n) is 3.90. The van der Waals surface area contributed by atoms with Gasteiger partial charge >= 0.3 is 5.97 Å². The summed E-state index contributed by atoms with van der Waals surface area (Å²) in [5.74, 6) is -0.563. The molecule has 1 aliphatic rings. The van der Waals surface area contributed by atoms with Gasteiger partial charge in [0.05, 0.1) is 15.7 Å². The minimum absolute atomic E-state index is 0.0183. The summed E-state index contributed by atoms with van der Waals surface area (Å²) in [6, 6.07) is 4.21. The number of halogens is 1. The minimum atomic E-state index is -3.44. The Balaban J connectivity index is 2.35. The smallest absolute Gasteiger partial charge is 0.336 e. The van der Waals surface area contributed by atoms with Crippen molar-refractivity contribution in [2.45, 2.75) is 42.8 Å². The molecule has 1 N–H and O–H groups in total. The fourth-order valence-corrected chi connectivity index (χ4v) is 4.81. The van der Waals surface area contributed by atoms with Gasteiger partial charge in [0.1, 0.15) is 0 Å². The van der Waals surface area contributed by atoms with Gasteiger partial charge in [-0.25, -0.2) is 13.2 Å². The van der Waals surface area contributed by atoms with Crippen LogP contribution in [0.5, 0.6) is 0 Å². The molecule has 110 valence electrons. The number of hydrogen-bond acceptors (Lipinski definition) is 3. The zero-order valence-corrected chi connectivity index (χ0v) is 13.6. The molecule has 1 aromatic rings. The first-order valence-corrected chi connectivity index (χ1v) is 8.93. The molecule has 0 aromatic heterocycles. The first-order chi connectivity index (χ1) is 9.32. The number of rotatable bonds is 3.